The summed E-state index contributed by atoms with van der Waals surface area (Å²) >= 11 is 0. The summed E-state index contributed by atoms with van der Waals surface area (Å²) in [5, 5.41) is 15.6. The van der Waals surface area contributed by atoms with Crippen LogP contribution in [-0.4, -0.2) is 17.7 Å². The van der Waals surface area contributed by atoms with Crippen molar-refractivity contribution in [1.29, 1.82) is 0 Å². The van der Waals surface area contributed by atoms with E-state index in [0.717, 1.165) is 5.56 Å². The van der Waals surface area contributed by atoms with E-state index in [4.69, 9.17) is 0 Å². The second kappa shape index (κ2) is 6.58. The second-order valence-corrected chi connectivity index (χ2v) is 5.41. The normalized spacial score (nSPS) is 13.3. The molecule has 0 aromatic heterocycles. The van der Waals surface area contributed by atoms with Gasteiger partial charge in [0.05, 0.1) is 6.54 Å². The quantitative estimate of drug-likeness (QED) is 0.812. The molecule has 22 heavy (non-hydrogen) atoms. The Bertz CT molecular complexity index is 657. The third-order valence-electron chi connectivity index (χ3n) is 3.44. The summed E-state index contributed by atoms with van der Waals surface area (Å²) in [6, 6.07) is 12.7. The first-order valence-electron chi connectivity index (χ1n) is 6.97. The highest BCUT2D eigenvalue weighted by Gasteiger charge is 2.23. The Labute approximate surface area is 129 Å². The second-order valence-electron chi connectivity index (χ2n) is 5.41. The van der Waals surface area contributed by atoms with Crippen molar-refractivity contribution in [3.8, 4) is 0 Å². The first-order chi connectivity index (χ1) is 10.4. The van der Waals surface area contributed by atoms with Crippen molar-refractivity contribution in [2.24, 2.45) is 0 Å². The van der Waals surface area contributed by atoms with Gasteiger partial charge in [0.25, 0.3) is 0 Å². The number of carbonyl (C=O) groups excluding carboxylic acids is 1. The lowest BCUT2D eigenvalue weighted by Gasteiger charge is -2.24. The van der Waals surface area contributed by atoms with Crippen molar-refractivity contribution in [3.05, 3.63) is 65.5 Å². The van der Waals surface area contributed by atoms with Crippen LogP contribution in [0.4, 0.5) is 14.9 Å². The Kier molecular flexibility index (Phi) is 4.78. The minimum Gasteiger partial charge on any atom is -0.384 e. The number of carbonyl (C=O) groups is 1. The van der Waals surface area contributed by atoms with Gasteiger partial charge in [0, 0.05) is 5.69 Å². The molecule has 1 unspecified atom stereocenters. The maximum absolute atomic E-state index is 13.2. The minimum atomic E-state index is -1.18. The Hall–Kier alpha value is -2.40. The molecule has 0 saturated carbocycles. The molecule has 0 fully saturated rings. The molecular formula is C17H19FN2O2. The van der Waals surface area contributed by atoms with Gasteiger partial charge >= 0.3 is 6.03 Å². The van der Waals surface area contributed by atoms with Crippen LogP contribution in [0.2, 0.25) is 0 Å². The summed E-state index contributed by atoms with van der Waals surface area (Å²) in [7, 11) is 0. The number of amides is 2. The molecule has 2 amide bonds. The molecule has 5 heteroatoms. The lowest BCUT2D eigenvalue weighted by molar-refractivity contribution is 0.0599. The highest BCUT2D eigenvalue weighted by Crippen LogP contribution is 2.19. The Morgan fingerprint density at radius 2 is 1.91 bits per heavy atom. The Morgan fingerprint density at radius 3 is 2.59 bits per heavy atom. The van der Waals surface area contributed by atoms with Gasteiger partial charge in [0.2, 0.25) is 0 Å². The van der Waals surface area contributed by atoms with Gasteiger partial charge in [-0.3, -0.25) is 0 Å². The number of aliphatic hydroxyl groups is 1. The van der Waals surface area contributed by atoms with Gasteiger partial charge in [-0.2, -0.15) is 0 Å². The van der Waals surface area contributed by atoms with Crippen LogP contribution in [-0.2, 0) is 5.60 Å². The van der Waals surface area contributed by atoms with Crippen LogP contribution < -0.4 is 10.6 Å². The lowest BCUT2D eigenvalue weighted by Crippen LogP contribution is -2.40. The van der Waals surface area contributed by atoms with Crippen molar-refractivity contribution >= 4 is 11.7 Å². The lowest BCUT2D eigenvalue weighted by atomic mass is 9.96. The van der Waals surface area contributed by atoms with Crippen molar-refractivity contribution in [1.82, 2.24) is 5.32 Å². The van der Waals surface area contributed by atoms with E-state index in [2.05, 4.69) is 10.6 Å². The highest BCUT2D eigenvalue weighted by molar-refractivity contribution is 5.90. The first-order valence-corrected chi connectivity index (χ1v) is 6.97. The van der Waals surface area contributed by atoms with Crippen LogP contribution in [0, 0.1) is 12.7 Å². The van der Waals surface area contributed by atoms with Crippen LogP contribution in [0.1, 0.15) is 18.1 Å². The van der Waals surface area contributed by atoms with Crippen LogP contribution in [0.25, 0.3) is 0 Å². The molecule has 4 nitrogen and oxygen atoms in total. The van der Waals surface area contributed by atoms with E-state index in [9.17, 15) is 14.3 Å². The fourth-order valence-electron chi connectivity index (χ4n) is 2.05. The van der Waals surface area contributed by atoms with E-state index in [-0.39, 0.29) is 6.54 Å². The van der Waals surface area contributed by atoms with Crippen molar-refractivity contribution < 1.29 is 14.3 Å². The Balaban J connectivity index is 1.97. The van der Waals surface area contributed by atoms with Crippen molar-refractivity contribution in [3.63, 3.8) is 0 Å². The molecule has 0 bridgehead atoms. The maximum Gasteiger partial charge on any atom is 0.319 e. The number of urea groups is 1. The van der Waals surface area contributed by atoms with E-state index in [0.29, 0.717) is 11.3 Å². The zero-order chi connectivity index (χ0) is 16.2. The number of rotatable bonds is 4. The molecule has 1 atom stereocenters. The average Bonchev–Trinajstić information content (AvgIpc) is 2.50. The fourth-order valence-corrected chi connectivity index (χ4v) is 2.05. The third kappa shape index (κ3) is 4.05. The van der Waals surface area contributed by atoms with Crippen LogP contribution in [0.3, 0.4) is 0 Å². The van der Waals surface area contributed by atoms with E-state index >= 15 is 0 Å². The number of nitrogens with one attached hydrogen (secondary N) is 2. The molecule has 0 saturated heterocycles. The molecule has 0 aliphatic heterocycles. The van der Waals surface area contributed by atoms with E-state index < -0.39 is 17.4 Å². The first kappa shape index (κ1) is 16.0. The van der Waals surface area contributed by atoms with Gasteiger partial charge in [-0.05, 0) is 37.1 Å². The van der Waals surface area contributed by atoms with Crippen LogP contribution in [0.15, 0.2) is 48.5 Å². The van der Waals surface area contributed by atoms with Gasteiger partial charge in [-0.15, -0.1) is 0 Å². The third-order valence-corrected chi connectivity index (χ3v) is 3.44. The van der Waals surface area contributed by atoms with E-state index in [1.807, 2.05) is 18.2 Å². The number of hydrogen-bond acceptors (Lipinski definition) is 2. The SMILES string of the molecule is Cc1ccc(F)cc1NC(=O)NCC(C)(O)c1ccccc1. The maximum atomic E-state index is 13.2. The minimum absolute atomic E-state index is 0.0389. The summed E-state index contributed by atoms with van der Waals surface area (Å²) in [4.78, 5) is 11.9. The van der Waals surface area contributed by atoms with Crippen LogP contribution >= 0.6 is 0 Å². The molecule has 0 spiro atoms. The van der Waals surface area contributed by atoms with Crippen LogP contribution in [0.5, 0.6) is 0 Å². The average molecular weight is 302 g/mol. The molecule has 3 N–H and O–H groups in total. The highest BCUT2D eigenvalue weighted by atomic mass is 19.1. The topological polar surface area (TPSA) is 61.4 Å². The summed E-state index contributed by atoms with van der Waals surface area (Å²) < 4.78 is 13.2. The molecule has 2 aromatic carbocycles. The molecule has 0 heterocycles. The predicted molar refractivity (Wildman–Crippen MR) is 84.2 cm³/mol. The van der Waals surface area contributed by atoms with Crippen molar-refractivity contribution in [2.45, 2.75) is 19.4 Å². The van der Waals surface area contributed by atoms with E-state index in [1.54, 1.807) is 32.0 Å². The van der Waals surface area contributed by atoms with Gasteiger partial charge in [0.15, 0.2) is 0 Å². The largest absolute Gasteiger partial charge is 0.384 e. The smallest absolute Gasteiger partial charge is 0.319 e. The van der Waals surface area contributed by atoms with Gasteiger partial charge in [0.1, 0.15) is 11.4 Å². The molecule has 0 aliphatic carbocycles. The summed E-state index contributed by atoms with van der Waals surface area (Å²) in [6.07, 6.45) is 0. The molecule has 0 aliphatic rings. The number of anilines is 1. The zero-order valence-corrected chi connectivity index (χ0v) is 12.6. The molecule has 2 aromatic rings. The molecule has 0 radical (unpaired) electrons. The summed E-state index contributed by atoms with van der Waals surface area (Å²) in [5.41, 5.74) is 0.677. The number of benzene rings is 2. The predicted octanol–water partition coefficient (Wildman–Crippen LogP) is 3.16. The molecular weight excluding hydrogens is 283 g/mol. The number of hydrogen-bond donors (Lipinski definition) is 3. The fraction of sp³-hybridized carbons (Fsp3) is 0.235. The van der Waals surface area contributed by atoms with Crippen molar-refractivity contribution in [2.75, 3.05) is 11.9 Å². The molecule has 116 valence electrons. The van der Waals surface area contributed by atoms with Gasteiger partial charge in [-0.25, -0.2) is 9.18 Å². The van der Waals surface area contributed by atoms with Gasteiger partial charge < -0.3 is 15.7 Å². The Morgan fingerprint density at radius 1 is 1.23 bits per heavy atom. The monoisotopic (exact) mass is 302 g/mol. The van der Waals surface area contributed by atoms with Gasteiger partial charge in [-0.1, -0.05) is 36.4 Å². The standard InChI is InChI=1S/C17H19FN2O2/c1-12-8-9-14(18)10-15(12)20-16(21)19-11-17(2,22)13-6-4-3-5-7-13/h3-10,22H,11H2,1-2H3,(H2,19,20,21). The zero-order valence-electron chi connectivity index (χ0n) is 12.6. The molecule has 2 rings (SSSR count). The van der Waals surface area contributed by atoms with E-state index in [1.165, 1.54) is 12.1 Å². The number of aryl methyl sites for hydroxylation is 1. The summed E-state index contributed by atoms with van der Waals surface area (Å²) in [6.45, 7) is 3.43. The summed E-state index contributed by atoms with van der Waals surface area (Å²) in [5.74, 6) is -0.419. The number of halogens is 1.